The van der Waals surface area contributed by atoms with Gasteiger partial charge in [-0.25, -0.2) is 8.78 Å². The van der Waals surface area contributed by atoms with Crippen LogP contribution in [0, 0.1) is 0 Å². The molecule has 0 aliphatic rings. The number of tetrazole rings is 1. The number of nitrogens with zero attached hydrogens (tertiary/aromatic N) is 5. The van der Waals surface area contributed by atoms with E-state index in [0.717, 1.165) is 4.63 Å². The van der Waals surface area contributed by atoms with Crippen LogP contribution in [0.4, 0.5) is 14.6 Å². The lowest BCUT2D eigenvalue weighted by atomic mass is 10.5. The Labute approximate surface area is 76.9 Å². The van der Waals surface area contributed by atoms with Gasteiger partial charge < -0.3 is 5.32 Å². The molecule has 0 amide bonds. The van der Waals surface area contributed by atoms with E-state index in [1.165, 1.54) is 6.07 Å². The highest BCUT2D eigenvalue weighted by atomic mass is 19.3. The van der Waals surface area contributed by atoms with Crippen LogP contribution < -0.4 is 5.32 Å². The predicted octanol–water partition coefficient (Wildman–Crippen LogP) is 0.196. The average Bonchev–Trinajstić information content (AvgIpc) is 2.61. The van der Waals surface area contributed by atoms with E-state index < -0.39 is 13.0 Å². The molecule has 0 bridgehead atoms. The van der Waals surface area contributed by atoms with Gasteiger partial charge in [-0.05, 0) is 22.6 Å². The summed E-state index contributed by atoms with van der Waals surface area (Å²) in [5, 5.41) is 16.8. The van der Waals surface area contributed by atoms with Crippen molar-refractivity contribution in [2.75, 3.05) is 11.9 Å². The molecule has 0 atom stereocenters. The monoisotopic (exact) mass is 200 g/mol. The number of rotatable bonds is 3. The molecule has 14 heavy (non-hydrogen) atoms. The molecular weight excluding hydrogens is 194 g/mol. The molecule has 2 heterocycles. The Morgan fingerprint density at radius 3 is 3.07 bits per heavy atom. The van der Waals surface area contributed by atoms with Crippen molar-refractivity contribution in [1.82, 2.24) is 25.3 Å². The Morgan fingerprint density at radius 2 is 2.29 bits per heavy atom. The molecule has 1 N–H and O–H groups in total. The van der Waals surface area contributed by atoms with Crippen LogP contribution in [0.2, 0.25) is 0 Å². The molecule has 0 aliphatic heterocycles. The summed E-state index contributed by atoms with van der Waals surface area (Å²) in [4.78, 5) is 0. The normalized spacial score (nSPS) is 11.1. The topological polar surface area (TPSA) is 68.0 Å². The molecule has 0 unspecified atom stereocenters. The standard InChI is InChI=1S/C6H6F2N6/c7-4(8)3-9-5-1-2-6-10-12-13-14(6)11-5/h1-2,4H,3H2,(H,9,11). The first-order chi connectivity index (χ1) is 6.75. The number of halogens is 2. The van der Waals surface area contributed by atoms with Gasteiger partial charge in [-0.3, -0.25) is 0 Å². The largest absolute Gasteiger partial charge is 0.363 e. The maximum atomic E-state index is 11.8. The van der Waals surface area contributed by atoms with Gasteiger partial charge in [0.15, 0.2) is 5.65 Å². The molecule has 0 saturated heterocycles. The van der Waals surface area contributed by atoms with Crippen molar-refractivity contribution >= 4 is 11.5 Å². The van der Waals surface area contributed by atoms with Crippen LogP contribution in [0.15, 0.2) is 12.1 Å². The predicted molar refractivity (Wildman–Crippen MR) is 43.1 cm³/mol. The molecule has 0 radical (unpaired) electrons. The minimum absolute atomic E-state index is 0.310. The first-order valence-corrected chi connectivity index (χ1v) is 3.83. The van der Waals surface area contributed by atoms with Crippen molar-refractivity contribution in [3.8, 4) is 0 Å². The molecule has 0 aliphatic carbocycles. The fourth-order valence-electron chi connectivity index (χ4n) is 0.926. The molecule has 6 nitrogen and oxygen atoms in total. The van der Waals surface area contributed by atoms with Crippen molar-refractivity contribution in [3.05, 3.63) is 12.1 Å². The van der Waals surface area contributed by atoms with E-state index >= 15 is 0 Å². The van der Waals surface area contributed by atoms with Crippen molar-refractivity contribution in [2.45, 2.75) is 6.43 Å². The summed E-state index contributed by atoms with van der Waals surface area (Å²) in [6.45, 7) is -0.444. The molecule has 0 aromatic carbocycles. The second-order valence-electron chi connectivity index (χ2n) is 2.52. The first kappa shape index (κ1) is 8.73. The number of nitrogens with one attached hydrogen (secondary N) is 1. The van der Waals surface area contributed by atoms with E-state index in [1.807, 2.05) is 0 Å². The van der Waals surface area contributed by atoms with Gasteiger partial charge >= 0.3 is 0 Å². The number of anilines is 1. The summed E-state index contributed by atoms with van der Waals surface area (Å²) in [5.74, 6) is 0.310. The van der Waals surface area contributed by atoms with Crippen molar-refractivity contribution < 1.29 is 8.78 Å². The van der Waals surface area contributed by atoms with Gasteiger partial charge in [-0.2, -0.15) is 0 Å². The van der Waals surface area contributed by atoms with Gasteiger partial charge in [0, 0.05) is 0 Å². The van der Waals surface area contributed by atoms with Gasteiger partial charge in [0.1, 0.15) is 5.82 Å². The van der Waals surface area contributed by atoms with Crippen LogP contribution in [-0.4, -0.2) is 38.2 Å². The Balaban J connectivity index is 2.17. The molecule has 74 valence electrons. The van der Waals surface area contributed by atoms with Crippen molar-refractivity contribution in [1.29, 1.82) is 0 Å². The van der Waals surface area contributed by atoms with Gasteiger partial charge in [0.05, 0.1) is 6.54 Å². The number of alkyl halides is 2. The summed E-state index contributed by atoms with van der Waals surface area (Å²) in [5.41, 5.74) is 0.465. The molecule has 8 heteroatoms. The first-order valence-electron chi connectivity index (χ1n) is 3.83. The Morgan fingerprint density at radius 1 is 1.43 bits per heavy atom. The van der Waals surface area contributed by atoms with Crippen molar-refractivity contribution in [3.63, 3.8) is 0 Å². The van der Waals surface area contributed by atoms with Gasteiger partial charge in [-0.1, -0.05) is 0 Å². The number of fused-ring (bicyclic) bond motifs is 1. The SMILES string of the molecule is FC(F)CNc1ccc2nnnn2n1. The molecule has 0 saturated carbocycles. The molecule has 2 aromatic rings. The quantitative estimate of drug-likeness (QED) is 0.766. The van der Waals surface area contributed by atoms with Crippen LogP contribution in [0.1, 0.15) is 0 Å². The third kappa shape index (κ3) is 1.73. The van der Waals surface area contributed by atoms with Crippen LogP contribution >= 0.6 is 0 Å². The second kappa shape index (κ2) is 3.48. The highest BCUT2D eigenvalue weighted by Crippen LogP contribution is 2.03. The minimum atomic E-state index is -2.42. The summed E-state index contributed by atoms with van der Waals surface area (Å²) in [7, 11) is 0. The van der Waals surface area contributed by atoms with Gasteiger partial charge in [0.25, 0.3) is 6.43 Å². The highest BCUT2D eigenvalue weighted by Gasteiger charge is 2.04. The summed E-state index contributed by atoms with van der Waals surface area (Å²) in [6, 6.07) is 3.12. The zero-order valence-electron chi connectivity index (χ0n) is 6.93. The number of aromatic nitrogens is 5. The molecule has 2 aromatic heterocycles. The Bertz CT molecular complexity index is 427. The van der Waals surface area contributed by atoms with E-state index in [1.54, 1.807) is 6.07 Å². The lowest BCUT2D eigenvalue weighted by molar-refractivity contribution is 0.163. The van der Waals surface area contributed by atoms with Crippen LogP contribution in [0.3, 0.4) is 0 Å². The third-order valence-corrected chi connectivity index (χ3v) is 1.51. The maximum Gasteiger partial charge on any atom is 0.255 e. The maximum absolute atomic E-state index is 11.8. The van der Waals surface area contributed by atoms with E-state index in [-0.39, 0.29) is 0 Å². The molecular formula is C6H6F2N6. The van der Waals surface area contributed by atoms with E-state index in [9.17, 15) is 8.78 Å². The highest BCUT2D eigenvalue weighted by molar-refractivity contribution is 5.41. The zero-order chi connectivity index (χ0) is 9.97. The number of hydrogen-bond donors (Lipinski definition) is 1. The summed E-state index contributed by atoms with van der Waals surface area (Å²) >= 11 is 0. The lowest BCUT2D eigenvalue weighted by Crippen LogP contribution is -2.12. The second-order valence-corrected chi connectivity index (χ2v) is 2.52. The van der Waals surface area contributed by atoms with Gasteiger partial charge in [0.2, 0.25) is 0 Å². The summed E-state index contributed by atoms with van der Waals surface area (Å²) < 4.78 is 24.8. The molecule has 0 spiro atoms. The minimum Gasteiger partial charge on any atom is -0.363 e. The molecule has 0 fully saturated rings. The Kier molecular flexibility index (Phi) is 2.17. The zero-order valence-corrected chi connectivity index (χ0v) is 6.93. The smallest absolute Gasteiger partial charge is 0.255 e. The van der Waals surface area contributed by atoms with E-state index in [2.05, 4.69) is 25.9 Å². The number of hydrogen-bond acceptors (Lipinski definition) is 5. The third-order valence-electron chi connectivity index (χ3n) is 1.51. The fraction of sp³-hybridized carbons (Fsp3) is 0.333. The van der Waals surface area contributed by atoms with Crippen LogP contribution in [0.25, 0.3) is 5.65 Å². The van der Waals surface area contributed by atoms with E-state index in [4.69, 9.17) is 0 Å². The van der Waals surface area contributed by atoms with Gasteiger partial charge in [-0.15, -0.1) is 14.8 Å². The summed E-state index contributed by atoms with van der Waals surface area (Å²) in [6.07, 6.45) is -2.42. The van der Waals surface area contributed by atoms with E-state index in [0.29, 0.717) is 11.5 Å². The lowest BCUT2D eigenvalue weighted by Gasteiger charge is -2.02. The Hall–Kier alpha value is -1.86. The fourth-order valence-corrected chi connectivity index (χ4v) is 0.926. The van der Waals surface area contributed by atoms with Crippen LogP contribution in [0.5, 0.6) is 0 Å². The van der Waals surface area contributed by atoms with Crippen molar-refractivity contribution in [2.24, 2.45) is 0 Å². The van der Waals surface area contributed by atoms with Crippen LogP contribution in [-0.2, 0) is 0 Å². The average molecular weight is 200 g/mol. The molecule has 2 rings (SSSR count).